The standard InChI is InChI=1S/C27H39NO3/c1-26-13-6-7-21(26)18-9-11-24-27(2,22(18)12-14-26)16-20(25(29)28(24)3)19-15-17(30-4)8-10-23(19)31-5/h8,10,15,18,20-22,24H,6-7,9,11-14,16H2,1-5H3/t18-,20?,21-,22-,24+,26-,27+/m0/s1. The molecule has 0 spiro atoms. The number of hydrogen-bond donors (Lipinski definition) is 0. The second-order valence-corrected chi connectivity index (χ2v) is 11.4. The maximum atomic E-state index is 13.6. The monoisotopic (exact) mass is 425 g/mol. The quantitative estimate of drug-likeness (QED) is 0.628. The number of piperidine rings is 1. The van der Waals surface area contributed by atoms with Gasteiger partial charge in [0.05, 0.1) is 20.1 Å². The maximum absolute atomic E-state index is 13.6. The van der Waals surface area contributed by atoms with Gasteiger partial charge in [-0.25, -0.2) is 0 Å². The molecule has 1 heterocycles. The number of benzene rings is 1. The molecule has 1 saturated heterocycles. The lowest BCUT2D eigenvalue weighted by atomic mass is 9.46. The molecule has 3 aliphatic carbocycles. The van der Waals surface area contributed by atoms with Gasteiger partial charge in [-0.3, -0.25) is 4.79 Å². The van der Waals surface area contributed by atoms with Crippen molar-refractivity contribution in [1.29, 1.82) is 0 Å². The minimum absolute atomic E-state index is 0.160. The Morgan fingerprint density at radius 1 is 1.00 bits per heavy atom. The largest absolute Gasteiger partial charge is 0.497 e. The van der Waals surface area contributed by atoms with Crippen molar-refractivity contribution in [2.75, 3.05) is 21.3 Å². The first-order chi connectivity index (χ1) is 14.8. The maximum Gasteiger partial charge on any atom is 0.230 e. The second-order valence-electron chi connectivity index (χ2n) is 11.4. The minimum atomic E-state index is -0.160. The molecule has 5 rings (SSSR count). The third-order valence-corrected chi connectivity index (χ3v) is 10.2. The summed E-state index contributed by atoms with van der Waals surface area (Å²) in [4.78, 5) is 15.7. The summed E-state index contributed by atoms with van der Waals surface area (Å²) in [5, 5.41) is 0. The number of carbonyl (C=O) groups excluding carboxylic acids is 1. The van der Waals surface area contributed by atoms with Gasteiger partial charge in [-0.05, 0) is 91.7 Å². The Morgan fingerprint density at radius 3 is 2.55 bits per heavy atom. The Hall–Kier alpha value is -1.71. The molecule has 4 fully saturated rings. The van der Waals surface area contributed by atoms with Crippen LogP contribution in [0.2, 0.25) is 0 Å². The Kier molecular flexibility index (Phi) is 5.06. The van der Waals surface area contributed by atoms with E-state index in [0.717, 1.165) is 47.7 Å². The van der Waals surface area contributed by atoms with Crippen LogP contribution in [-0.4, -0.2) is 38.1 Å². The van der Waals surface area contributed by atoms with E-state index < -0.39 is 0 Å². The first kappa shape index (κ1) is 21.2. The molecule has 3 saturated carbocycles. The predicted octanol–water partition coefficient (Wildman–Crippen LogP) is 5.65. The van der Waals surface area contributed by atoms with Gasteiger partial charge >= 0.3 is 0 Å². The van der Waals surface area contributed by atoms with Crippen LogP contribution in [0.4, 0.5) is 0 Å². The van der Waals surface area contributed by atoms with Crippen LogP contribution in [0.5, 0.6) is 11.5 Å². The van der Waals surface area contributed by atoms with Crippen LogP contribution in [0.15, 0.2) is 18.2 Å². The topological polar surface area (TPSA) is 38.8 Å². The Morgan fingerprint density at radius 2 is 1.81 bits per heavy atom. The average molecular weight is 426 g/mol. The van der Waals surface area contributed by atoms with Gasteiger partial charge in [0.25, 0.3) is 0 Å². The molecule has 1 aromatic rings. The van der Waals surface area contributed by atoms with E-state index in [1.807, 2.05) is 25.2 Å². The summed E-state index contributed by atoms with van der Waals surface area (Å²) < 4.78 is 11.2. The van der Waals surface area contributed by atoms with Crippen molar-refractivity contribution in [1.82, 2.24) is 4.90 Å². The predicted molar refractivity (Wildman–Crippen MR) is 122 cm³/mol. The van der Waals surface area contributed by atoms with Gasteiger partial charge in [-0.15, -0.1) is 0 Å². The highest BCUT2D eigenvalue weighted by Crippen LogP contribution is 2.65. The zero-order valence-corrected chi connectivity index (χ0v) is 19.9. The van der Waals surface area contributed by atoms with Gasteiger partial charge in [0, 0.05) is 18.7 Å². The minimum Gasteiger partial charge on any atom is -0.497 e. The first-order valence-electron chi connectivity index (χ1n) is 12.3. The first-order valence-corrected chi connectivity index (χ1v) is 12.3. The SMILES string of the molecule is COc1ccc(OC)c(C2C[C@]3(C)[C@H]4CC[C@]5(C)CCC[C@H]5[C@@H]4CC[C@H]3N(C)C2=O)c1. The molecule has 1 amide bonds. The fourth-order valence-corrected chi connectivity index (χ4v) is 8.63. The van der Waals surface area contributed by atoms with Gasteiger partial charge < -0.3 is 14.4 Å². The highest BCUT2D eigenvalue weighted by molar-refractivity contribution is 5.86. The van der Waals surface area contributed by atoms with Crippen LogP contribution < -0.4 is 9.47 Å². The molecule has 4 nitrogen and oxygen atoms in total. The summed E-state index contributed by atoms with van der Waals surface area (Å²) in [5.74, 6) is 4.11. The molecule has 4 aliphatic rings. The van der Waals surface area contributed by atoms with Gasteiger partial charge in [0.1, 0.15) is 11.5 Å². The number of carbonyl (C=O) groups is 1. The lowest BCUT2D eigenvalue weighted by Gasteiger charge is -2.62. The fourth-order valence-electron chi connectivity index (χ4n) is 8.63. The third-order valence-electron chi connectivity index (χ3n) is 10.2. The molecule has 1 aliphatic heterocycles. The van der Waals surface area contributed by atoms with Crippen LogP contribution in [0.3, 0.4) is 0 Å². The van der Waals surface area contributed by atoms with E-state index in [1.165, 1.54) is 38.5 Å². The normalized spacial score (nSPS) is 41.9. The van der Waals surface area contributed by atoms with Crippen LogP contribution in [0.25, 0.3) is 0 Å². The number of fused-ring (bicyclic) bond motifs is 5. The number of amides is 1. The van der Waals surface area contributed by atoms with Crippen molar-refractivity contribution in [3.63, 3.8) is 0 Å². The molecule has 0 aromatic heterocycles. The number of methoxy groups -OCH3 is 2. The smallest absolute Gasteiger partial charge is 0.230 e. The van der Waals surface area contributed by atoms with Crippen molar-refractivity contribution in [3.8, 4) is 11.5 Å². The lowest BCUT2D eigenvalue weighted by molar-refractivity contribution is -0.160. The molecular weight excluding hydrogens is 386 g/mol. The van der Waals surface area contributed by atoms with E-state index >= 15 is 0 Å². The number of hydrogen-bond acceptors (Lipinski definition) is 3. The number of nitrogens with zero attached hydrogens (tertiary/aromatic N) is 1. The van der Waals surface area contributed by atoms with E-state index in [0.29, 0.717) is 11.5 Å². The number of ether oxygens (including phenoxy) is 2. The number of rotatable bonds is 3. The van der Waals surface area contributed by atoms with Crippen LogP contribution in [0.1, 0.15) is 76.7 Å². The molecule has 1 aromatic carbocycles. The Bertz CT molecular complexity index is 868. The lowest BCUT2D eigenvalue weighted by Crippen LogP contribution is -2.62. The van der Waals surface area contributed by atoms with Crippen molar-refractivity contribution in [2.24, 2.45) is 28.6 Å². The summed E-state index contributed by atoms with van der Waals surface area (Å²) in [6.07, 6.45) is 10.3. The van der Waals surface area contributed by atoms with Crippen molar-refractivity contribution >= 4 is 5.91 Å². The van der Waals surface area contributed by atoms with E-state index in [2.05, 4.69) is 18.7 Å². The summed E-state index contributed by atoms with van der Waals surface area (Å²) in [5.41, 5.74) is 1.71. The average Bonchev–Trinajstić information content (AvgIpc) is 3.17. The highest BCUT2D eigenvalue weighted by atomic mass is 16.5. The van der Waals surface area contributed by atoms with E-state index in [1.54, 1.807) is 14.2 Å². The molecule has 7 atom stereocenters. The summed E-state index contributed by atoms with van der Waals surface area (Å²) in [7, 11) is 5.43. The van der Waals surface area contributed by atoms with Crippen LogP contribution in [0, 0.1) is 28.6 Å². The molecule has 0 radical (unpaired) electrons. The molecule has 0 bridgehead atoms. The summed E-state index contributed by atoms with van der Waals surface area (Å²) in [6, 6.07) is 6.25. The van der Waals surface area contributed by atoms with Crippen molar-refractivity contribution in [2.45, 2.75) is 77.2 Å². The van der Waals surface area contributed by atoms with Crippen LogP contribution >= 0.6 is 0 Å². The Balaban J connectivity index is 1.53. The van der Waals surface area contributed by atoms with Crippen molar-refractivity contribution < 1.29 is 14.3 Å². The fraction of sp³-hybridized carbons (Fsp3) is 0.741. The van der Waals surface area contributed by atoms with Crippen molar-refractivity contribution in [3.05, 3.63) is 23.8 Å². The molecule has 170 valence electrons. The molecule has 31 heavy (non-hydrogen) atoms. The zero-order chi connectivity index (χ0) is 22.0. The van der Waals surface area contributed by atoms with Crippen LogP contribution in [-0.2, 0) is 4.79 Å². The second kappa shape index (κ2) is 7.42. The van der Waals surface area contributed by atoms with E-state index in [-0.39, 0.29) is 17.2 Å². The zero-order valence-electron chi connectivity index (χ0n) is 19.9. The van der Waals surface area contributed by atoms with Gasteiger partial charge in [0.15, 0.2) is 0 Å². The Labute approximate surface area is 187 Å². The molecular formula is C27H39NO3. The van der Waals surface area contributed by atoms with Gasteiger partial charge in [-0.2, -0.15) is 0 Å². The highest BCUT2D eigenvalue weighted by Gasteiger charge is 2.60. The van der Waals surface area contributed by atoms with Gasteiger partial charge in [0.2, 0.25) is 5.91 Å². The number of likely N-dealkylation sites (tertiary alicyclic amines) is 1. The van der Waals surface area contributed by atoms with E-state index in [4.69, 9.17) is 9.47 Å². The third kappa shape index (κ3) is 3.03. The number of likely N-dealkylation sites (N-methyl/N-ethyl adjacent to an activating group) is 1. The summed E-state index contributed by atoms with van der Waals surface area (Å²) >= 11 is 0. The summed E-state index contributed by atoms with van der Waals surface area (Å²) in [6.45, 7) is 5.07. The van der Waals surface area contributed by atoms with Gasteiger partial charge in [-0.1, -0.05) is 20.3 Å². The molecule has 4 heteroatoms. The molecule has 1 unspecified atom stereocenters. The molecule has 0 N–H and O–H groups in total. The van der Waals surface area contributed by atoms with E-state index in [9.17, 15) is 4.79 Å².